The zero-order valence-corrected chi connectivity index (χ0v) is 8.33. The van der Waals surface area contributed by atoms with Gasteiger partial charge in [-0.3, -0.25) is 9.63 Å². The van der Waals surface area contributed by atoms with Crippen molar-refractivity contribution in [1.29, 1.82) is 0 Å². The van der Waals surface area contributed by atoms with Gasteiger partial charge in [0.05, 0.1) is 26.2 Å². The van der Waals surface area contributed by atoms with Gasteiger partial charge in [0.25, 0.3) is 0 Å². The number of carbonyl (C=O) groups excluding carboxylic acids is 1. The predicted octanol–water partition coefficient (Wildman–Crippen LogP) is -0.0369. The molecule has 0 aromatic carbocycles. The van der Waals surface area contributed by atoms with Gasteiger partial charge in [0.15, 0.2) is 0 Å². The standard InChI is InChI=1S/C8H17NO4/c1-7(8(10)12-3)6-9-13-5-4-11-2/h7,9H,4-6H2,1-3H3. The number of methoxy groups -OCH3 is 2. The lowest BCUT2D eigenvalue weighted by Crippen LogP contribution is -2.28. The normalized spacial score (nSPS) is 12.5. The molecule has 0 aliphatic rings. The fraction of sp³-hybridized carbons (Fsp3) is 0.875. The highest BCUT2D eigenvalue weighted by Crippen LogP contribution is 1.94. The van der Waals surface area contributed by atoms with Crippen LogP contribution in [-0.4, -0.2) is 39.9 Å². The number of hydrogen-bond donors (Lipinski definition) is 1. The Bertz CT molecular complexity index is 140. The minimum atomic E-state index is -0.247. The fourth-order valence-corrected chi connectivity index (χ4v) is 0.666. The van der Waals surface area contributed by atoms with Crippen molar-refractivity contribution in [2.24, 2.45) is 5.92 Å². The Balaban J connectivity index is 3.26. The number of rotatable bonds is 7. The molecule has 1 atom stereocenters. The topological polar surface area (TPSA) is 56.8 Å². The first kappa shape index (κ1) is 12.3. The summed E-state index contributed by atoms with van der Waals surface area (Å²) in [6.45, 7) is 3.19. The molecule has 0 rings (SSSR count). The van der Waals surface area contributed by atoms with Crippen LogP contribution in [0.4, 0.5) is 0 Å². The maximum absolute atomic E-state index is 10.9. The zero-order chi connectivity index (χ0) is 10.1. The lowest BCUT2D eigenvalue weighted by molar-refractivity contribution is -0.145. The maximum Gasteiger partial charge on any atom is 0.309 e. The smallest absolute Gasteiger partial charge is 0.309 e. The molecule has 0 fully saturated rings. The molecule has 0 saturated heterocycles. The van der Waals surface area contributed by atoms with Gasteiger partial charge in [-0.2, -0.15) is 0 Å². The Morgan fingerprint density at radius 3 is 2.62 bits per heavy atom. The predicted molar refractivity (Wildman–Crippen MR) is 47.0 cm³/mol. The van der Waals surface area contributed by atoms with E-state index in [9.17, 15) is 4.79 Å². The summed E-state index contributed by atoms with van der Waals surface area (Å²) >= 11 is 0. The number of ether oxygens (including phenoxy) is 2. The van der Waals surface area contributed by atoms with Crippen LogP contribution in [0, 0.1) is 5.92 Å². The van der Waals surface area contributed by atoms with Gasteiger partial charge >= 0.3 is 5.97 Å². The van der Waals surface area contributed by atoms with Crippen molar-refractivity contribution in [2.75, 3.05) is 34.0 Å². The van der Waals surface area contributed by atoms with Crippen molar-refractivity contribution >= 4 is 5.97 Å². The van der Waals surface area contributed by atoms with E-state index >= 15 is 0 Å². The van der Waals surface area contributed by atoms with Crippen LogP contribution in [0.1, 0.15) is 6.92 Å². The third-order valence-electron chi connectivity index (χ3n) is 1.48. The van der Waals surface area contributed by atoms with Crippen LogP contribution >= 0.6 is 0 Å². The van der Waals surface area contributed by atoms with Crippen LogP contribution < -0.4 is 5.48 Å². The number of esters is 1. The second kappa shape index (κ2) is 7.97. The van der Waals surface area contributed by atoms with Crippen molar-refractivity contribution in [2.45, 2.75) is 6.92 Å². The summed E-state index contributed by atoms with van der Waals surface area (Å²) in [5.74, 6) is -0.449. The maximum atomic E-state index is 10.9. The summed E-state index contributed by atoms with van der Waals surface area (Å²) in [6.07, 6.45) is 0. The minimum absolute atomic E-state index is 0.201. The fourth-order valence-electron chi connectivity index (χ4n) is 0.666. The van der Waals surface area contributed by atoms with Crippen LogP contribution in [0.3, 0.4) is 0 Å². The number of carbonyl (C=O) groups is 1. The molecular weight excluding hydrogens is 174 g/mol. The average Bonchev–Trinajstić information content (AvgIpc) is 2.16. The Labute approximate surface area is 78.3 Å². The first-order valence-electron chi connectivity index (χ1n) is 4.13. The van der Waals surface area contributed by atoms with Gasteiger partial charge in [0, 0.05) is 13.7 Å². The zero-order valence-electron chi connectivity index (χ0n) is 8.33. The first-order chi connectivity index (χ1) is 6.22. The van der Waals surface area contributed by atoms with Gasteiger partial charge in [-0.05, 0) is 0 Å². The SMILES string of the molecule is COCCONCC(C)C(=O)OC. The molecule has 0 aromatic heterocycles. The number of hydrogen-bond acceptors (Lipinski definition) is 5. The van der Waals surface area contributed by atoms with Gasteiger partial charge in [-0.15, -0.1) is 0 Å². The molecule has 0 heterocycles. The summed E-state index contributed by atoms with van der Waals surface area (Å²) in [4.78, 5) is 15.8. The van der Waals surface area contributed by atoms with Crippen molar-refractivity contribution in [3.8, 4) is 0 Å². The van der Waals surface area contributed by atoms with Crippen LogP contribution in [0.25, 0.3) is 0 Å². The second-order valence-electron chi connectivity index (χ2n) is 2.61. The van der Waals surface area contributed by atoms with Crippen LogP contribution in [0.2, 0.25) is 0 Å². The van der Waals surface area contributed by atoms with Crippen molar-refractivity contribution in [3.05, 3.63) is 0 Å². The highest BCUT2D eigenvalue weighted by atomic mass is 16.7. The van der Waals surface area contributed by atoms with E-state index < -0.39 is 0 Å². The Morgan fingerprint density at radius 1 is 1.38 bits per heavy atom. The van der Waals surface area contributed by atoms with Crippen molar-refractivity contribution in [1.82, 2.24) is 5.48 Å². The summed E-state index contributed by atoms with van der Waals surface area (Å²) in [5, 5.41) is 0. The Kier molecular flexibility index (Phi) is 7.57. The van der Waals surface area contributed by atoms with E-state index in [0.29, 0.717) is 19.8 Å². The molecule has 0 aliphatic carbocycles. The highest BCUT2D eigenvalue weighted by molar-refractivity contribution is 5.71. The molecular formula is C8H17NO4. The third-order valence-corrected chi connectivity index (χ3v) is 1.48. The van der Waals surface area contributed by atoms with Gasteiger partial charge in [-0.1, -0.05) is 6.92 Å². The highest BCUT2D eigenvalue weighted by Gasteiger charge is 2.11. The molecule has 5 heteroatoms. The van der Waals surface area contributed by atoms with Crippen LogP contribution in [0.5, 0.6) is 0 Å². The Morgan fingerprint density at radius 2 is 2.08 bits per heavy atom. The number of hydroxylamine groups is 1. The monoisotopic (exact) mass is 191 g/mol. The average molecular weight is 191 g/mol. The van der Waals surface area contributed by atoms with E-state index in [1.54, 1.807) is 14.0 Å². The summed E-state index contributed by atoms with van der Waals surface area (Å²) in [6, 6.07) is 0. The first-order valence-corrected chi connectivity index (χ1v) is 4.13. The van der Waals surface area contributed by atoms with Gasteiger partial charge in [0.1, 0.15) is 0 Å². The van der Waals surface area contributed by atoms with Gasteiger partial charge in [0.2, 0.25) is 0 Å². The minimum Gasteiger partial charge on any atom is -0.469 e. The van der Waals surface area contributed by atoms with E-state index in [1.807, 2.05) is 0 Å². The molecule has 1 N–H and O–H groups in total. The van der Waals surface area contributed by atoms with Gasteiger partial charge in [-0.25, -0.2) is 5.48 Å². The molecule has 0 spiro atoms. The molecule has 0 radical (unpaired) electrons. The Hall–Kier alpha value is -0.650. The van der Waals surface area contributed by atoms with Crippen molar-refractivity contribution in [3.63, 3.8) is 0 Å². The molecule has 1 unspecified atom stereocenters. The van der Waals surface area contributed by atoms with Crippen LogP contribution in [0.15, 0.2) is 0 Å². The van der Waals surface area contributed by atoms with E-state index in [4.69, 9.17) is 9.57 Å². The summed E-state index contributed by atoms with van der Waals surface area (Å²) in [5.41, 5.74) is 2.65. The van der Waals surface area contributed by atoms with E-state index in [0.717, 1.165) is 0 Å². The molecule has 0 aliphatic heterocycles. The van der Waals surface area contributed by atoms with E-state index in [-0.39, 0.29) is 11.9 Å². The largest absolute Gasteiger partial charge is 0.469 e. The lowest BCUT2D eigenvalue weighted by atomic mass is 10.2. The van der Waals surface area contributed by atoms with Crippen LogP contribution in [-0.2, 0) is 19.1 Å². The van der Waals surface area contributed by atoms with Crippen molar-refractivity contribution < 1.29 is 19.1 Å². The molecule has 13 heavy (non-hydrogen) atoms. The molecule has 0 saturated carbocycles. The quantitative estimate of drug-likeness (QED) is 0.348. The summed E-state index contributed by atoms with van der Waals surface area (Å²) < 4.78 is 9.29. The molecule has 0 aromatic rings. The van der Waals surface area contributed by atoms with E-state index in [2.05, 4.69) is 10.2 Å². The number of nitrogens with one attached hydrogen (secondary N) is 1. The third kappa shape index (κ3) is 6.51. The molecule has 78 valence electrons. The second-order valence-corrected chi connectivity index (χ2v) is 2.61. The lowest BCUT2D eigenvalue weighted by Gasteiger charge is -2.09. The molecule has 0 bridgehead atoms. The van der Waals surface area contributed by atoms with Gasteiger partial charge < -0.3 is 9.47 Å². The van der Waals surface area contributed by atoms with E-state index in [1.165, 1.54) is 7.11 Å². The molecule has 0 amide bonds. The molecule has 5 nitrogen and oxygen atoms in total. The summed E-state index contributed by atoms with van der Waals surface area (Å²) in [7, 11) is 2.96.